The van der Waals surface area contributed by atoms with Gasteiger partial charge >= 0.3 is 0 Å². The second-order valence-corrected chi connectivity index (χ2v) is 11.5. The van der Waals surface area contributed by atoms with Crippen LogP contribution in [0.15, 0.2) is 67.3 Å². The van der Waals surface area contributed by atoms with Gasteiger partial charge in [-0.2, -0.15) is 5.10 Å². The number of H-pyrrole nitrogens is 2. The Hall–Kier alpha value is -4.74. The van der Waals surface area contributed by atoms with Crippen molar-refractivity contribution in [1.29, 1.82) is 0 Å². The predicted octanol–water partition coefficient (Wildman–Crippen LogP) is 6.74. The molecule has 9 nitrogen and oxygen atoms in total. The third-order valence-electron chi connectivity index (χ3n) is 7.15. The minimum absolute atomic E-state index is 0.227. The molecule has 4 N–H and O–H groups in total. The Balaban J connectivity index is 1.36. The summed E-state index contributed by atoms with van der Waals surface area (Å²) in [5.41, 5.74) is 7.81. The maximum absolute atomic E-state index is 14.7. The highest BCUT2D eigenvalue weighted by atomic mass is 32.1. The molecule has 0 aliphatic rings. The van der Waals surface area contributed by atoms with E-state index in [0.717, 1.165) is 56.0 Å². The molecule has 11 heteroatoms. The second kappa shape index (κ2) is 11.9. The van der Waals surface area contributed by atoms with Crippen LogP contribution in [0.5, 0.6) is 0 Å². The predicted molar refractivity (Wildman–Crippen MR) is 176 cm³/mol. The molecule has 5 aromatic heterocycles. The van der Waals surface area contributed by atoms with Crippen molar-refractivity contribution >= 4 is 50.5 Å². The molecule has 0 saturated heterocycles. The van der Waals surface area contributed by atoms with Gasteiger partial charge in [0.1, 0.15) is 5.82 Å². The summed E-state index contributed by atoms with van der Waals surface area (Å²) >= 11 is 5.45. The quantitative estimate of drug-likeness (QED) is 0.137. The first-order valence-corrected chi connectivity index (χ1v) is 14.4. The normalized spacial score (nSPS) is 11.6. The van der Waals surface area contributed by atoms with Gasteiger partial charge in [0, 0.05) is 76.3 Å². The minimum Gasteiger partial charge on any atom is -0.384 e. The number of rotatable bonds is 9. The fourth-order valence-electron chi connectivity index (χ4n) is 4.89. The van der Waals surface area contributed by atoms with Gasteiger partial charge in [-0.1, -0.05) is 26.1 Å². The molecule has 0 amide bonds. The molecule has 43 heavy (non-hydrogen) atoms. The van der Waals surface area contributed by atoms with Gasteiger partial charge in [-0.3, -0.25) is 15.1 Å². The van der Waals surface area contributed by atoms with Gasteiger partial charge < -0.3 is 20.5 Å². The Morgan fingerprint density at radius 1 is 0.953 bits per heavy atom. The lowest BCUT2D eigenvalue weighted by Crippen LogP contribution is -2.20. The third-order valence-corrected chi connectivity index (χ3v) is 7.72. The number of benzene rings is 1. The summed E-state index contributed by atoms with van der Waals surface area (Å²) < 4.78 is 14.7. The summed E-state index contributed by atoms with van der Waals surface area (Å²) in [6.07, 6.45) is 7.07. The van der Waals surface area contributed by atoms with Crippen LogP contribution in [-0.4, -0.2) is 67.2 Å². The van der Waals surface area contributed by atoms with E-state index in [1.165, 1.54) is 12.1 Å². The van der Waals surface area contributed by atoms with Gasteiger partial charge in [-0.25, -0.2) is 9.37 Å². The van der Waals surface area contributed by atoms with Gasteiger partial charge in [-0.15, -0.1) is 0 Å². The van der Waals surface area contributed by atoms with Crippen LogP contribution in [0.4, 0.5) is 15.8 Å². The molecule has 5 heterocycles. The van der Waals surface area contributed by atoms with Crippen LogP contribution in [0.3, 0.4) is 0 Å². The summed E-state index contributed by atoms with van der Waals surface area (Å²) in [7, 11) is 4.01. The molecule has 6 rings (SSSR count). The molecule has 0 unspecified atom stereocenters. The van der Waals surface area contributed by atoms with E-state index >= 15 is 0 Å². The molecule has 0 aliphatic carbocycles. The van der Waals surface area contributed by atoms with Crippen LogP contribution < -0.4 is 10.6 Å². The highest BCUT2D eigenvalue weighted by Crippen LogP contribution is 2.35. The molecule has 0 aliphatic heterocycles. The highest BCUT2D eigenvalue weighted by molar-refractivity contribution is 7.80. The summed E-state index contributed by atoms with van der Waals surface area (Å²) in [4.78, 5) is 20.0. The molecule has 6 aromatic rings. The molecule has 0 saturated carbocycles. The van der Waals surface area contributed by atoms with Crippen molar-refractivity contribution in [2.45, 2.75) is 13.8 Å². The highest BCUT2D eigenvalue weighted by Gasteiger charge is 2.16. The third kappa shape index (κ3) is 6.08. The average Bonchev–Trinajstić information content (AvgIpc) is 3.60. The number of thiocarbonyl (C=S) groups is 1. The van der Waals surface area contributed by atoms with Crippen LogP contribution >= 0.6 is 12.2 Å². The van der Waals surface area contributed by atoms with Crippen molar-refractivity contribution in [2.75, 3.05) is 37.8 Å². The summed E-state index contributed by atoms with van der Waals surface area (Å²) in [5, 5.41) is 15.9. The molecule has 0 fully saturated rings. The van der Waals surface area contributed by atoms with Gasteiger partial charge in [-0.05, 0) is 56.6 Å². The van der Waals surface area contributed by atoms with Gasteiger partial charge in [0.15, 0.2) is 5.65 Å². The number of pyridine rings is 3. The van der Waals surface area contributed by atoms with Crippen LogP contribution in [0.2, 0.25) is 0 Å². The molecule has 1 aromatic carbocycles. The molecule has 0 atom stereocenters. The number of fused-ring (bicyclic) bond motifs is 2. The number of anilines is 2. The molecule has 0 bridgehead atoms. The summed E-state index contributed by atoms with van der Waals surface area (Å²) in [5.74, 6) is -0.0951. The minimum atomic E-state index is -0.322. The second-order valence-electron chi connectivity index (χ2n) is 11.1. The number of aromatic nitrogens is 6. The first kappa shape index (κ1) is 28.4. The number of hydrogen-bond acceptors (Lipinski definition) is 7. The summed E-state index contributed by atoms with van der Waals surface area (Å²) in [6.45, 7) is 5.63. The number of aromatic amines is 2. The number of likely N-dealkylation sites (N-methyl/N-ethyl adjacent to an activating group) is 1. The van der Waals surface area contributed by atoms with Crippen LogP contribution in [0.25, 0.3) is 55.7 Å². The number of halogens is 1. The lowest BCUT2D eigenvalue weighted by Gasteiger charge is -2.12. The Morgan fingerprint density at radius 3 is 2.58 bits per heavy atom. The Kier molecular flexibility index (Phi) is 7.83. The smallest absolute Gasteiger partial charge is 0.181 e. The zero-order valence-electron chi connectivity index (χ0n) is 24.4. The van der Waals surface area contributed by atoms with E-state index in [1.807, 2.05) is 58.3 Å². The van der Waals surface area contributed by atoms with Crippen molar-refractivity contribution in [3.05, 3.63) is 73.1 Å². The largest absolute Gasteiger partial charge is 0.384 e. The van der Waals surface area contributed by atoms with E-state index in [-0.39, 0.29) is 11.7 Å². The van der Waals surface area contributed by atoms with E-state index < -0.39 is 0 Å². The Labute approximate surface area is 254 Å². The number of nitrogens with zero attached hydrogens (tertiary/aromatic N) is 5. The molecular weight excluding hydrogens is 561 g/mol. The van der Waals surface area contributed by atoms with Crippen LogP contribution in [0.1, 0.15) is 13.8 Å². The molecule has 218 valence electrons. The Morgan fingerprint density at radius 2 is 1.77 bits per heavy atom. The fourth-order valence-corrected chi connectivity index (χ4v) is 5.00. The van der Waals surface area contributed by atoms with Gasteiger partial charge in [0.05, 0.1) is 34.0 Å². The van der Waals surface area contributed by atoms with Crippen LogP contribution in [0, 0.1) is 11.7 Å². The van der Waals surface area contributed by atoms with Crippen molar-refractivity contribution in [3.63, 3.8) is 0 Å². The maximum atomic E-state index is 14.7. The van der Waals surface area contributed by atoms with E-state index in [4.69, 9.17) is 12.2 Å². The number of hydrogen-bond donors (Lipinski definition) is 4. The van der Waals surface area contributed by atoms with Crippen molar-refractivity contribution in [1.82, 2.24) is 35.0 Å². The molecule has 0 spiro atoms. The van der Waals surface area contributed by atoms with E-state index in [2.05, 4.69) is 45.7 Å². The molecule has 0 radical (unpaired) electrons. The average molecular weight is 594 g/mol. The lowest BCUT2D eigenvalue weighted by atomic mass is 10.1. The lowest BCUT2D eigenvalue weighted by molar-refractivity contribution is 0.425. The van der Waals surface area contributed by atoms with Crippen molar-refractivity contribution in [2.24, 2.45) is 5.92 Å². The standard InChI is InChI=1S/C32H32FN9S/c1-18(2)32(43)38-24-11-20(15-34-17-24)21-12-26-30(40-41-31(26)37-16-21)28-14-25-27(39-28)5-6-36-29(25)19-9-22(33)13-23(10-19)35-7-8-42(3)4/h5-6,9-18,35,39H,7-8H2,1-4H3,(H,38,43)(H,37,40,41). The fraction of sp³-hybridized carbons (Fsp3) is 0.219. The van der Waals surface area contributed by atoms with E-state index in [0.29, 0.717) is 29.1 Å². The first-order valence-electron chi connectivity index (χ1n) is 14.0. The summed E-state index contributed by atoms with van der Waals surface area (Å²) in [6, 6.07) is 12.9. The van der Waals surface area contributed by atoms with Crippen LogP contribution in [-0.2, 0) is 0 Å². The Bertz CT molecular complexity index is 1940. The topological polar surface area (TPSA) is 110 Å². The maximum Gasteiger partial charge on any atom is 0.181 e. The monoisotopic (exact) mass is 593 g/mol. The van der Waals surface area contributed by atoms with Crippen molar-refractivity contribution in [3.8, 4) is 33.8 Å². The van der Waals surface area contributed by atoms with E-state index in [9.17, 15) is 4.39 Å². The van der Waals surface area contributed by atoms with Crippen molar-refractivity contribution < 1.29 is 4.39 Å². The SMILES string of the molecule is CC(C)C(=S)Nc1cncc(-c2cnc3n[nH]c(-c4cc5c(-c6cc(F)cc(NCCN(C)C)c6)nccc5[nH]4)c3c2)c1. The van der Waals surface area contributed by atoms with Gasteiger partial charge in [0.25, 0.3) is 0 Å². The van der Waals surface area contributed by atoms with E-state index in [1.54, 1.807) is 24.8 Å². The number of nitrogens with one attached hydrogen (secondary N) is 4. The molecular formula is C32H32FN9S. The van der Waals surface area contributed by atoms with Gasteiger partial charge in [0.2, 0.25) is 0 Å². The first-order chi connectivity index (χ1) is 20.7. The zero-order chi connectivity index (χ0) is 30.1. The zero-order valence-corrected chi connectivity index (χ0v) is 25.2.